The van der Waals surface area contributed by atoms with Crippen molar-refractivity contribution in [2.45, 2.75) is 35.8 Å². The number of carbonyl (C=O) groups is 1. The molecule has 0 saturated carbocycles. The Morgan fingerprint density at radius 2 is 1.53 bits per heavy atom. The van der Waals surface area contributed by atoms with E-state index in [1.807, 2.05) is 45.0 Å². The Kier molecular flexibility index (Phi) is 6.84. The van der Waals surface area contributed by atoms with Gasteiger partial charge in [0.25, 0.3) is 10.0 Å². The lowest BCUT2D eigenvalue weighted by Crippen LogP contribution is -2.22. The van der Waals surface area contributed by atoms with Gasteiger partial charge in [-0.05, 0) is 68.8 Å². The van der Waals surface area contributed by atoms with Crippen LogP contribution in [0.15, 0.2) is 82.6 Å². The summed E-state index contributed by atoms with van der Waals surface area (Å²) in [5, 5.41) is 2.64. The van der Waals surface area contributed by atoms with E-state index in [0.717, 1.165) is 21.7 Å². The molecule has 0 aromatic heterocycles. The smallest absolute Gasteiger partial charge is 0.261 e. The Labute approximate surface area is 182 Å². The van der Waals surface area contributed by atoms with Crippen LogP contribution < -0.4 is 10.0 Å². The topological polar surface area (TPSA) is 75.3 Å². The molecule has 3 aromatic rings. The lowest BCUT2D eigenvalue weighted by atomic mass is 10.2. The van der Waals surface area contributed by atoms with Crippen LogP contribution in [0.5, 0.6) is 0 Å². The maximum absolute atomic E-state index is 12.5. The first-order chi connectivity index (χ1) is 14.2. The van der Waals surface area contributed by atoms with Crippen LogP contribution in [-0.2, 0) is 14.8 Å². The first kappa shape index (κ1) is 21.9. The van der Waals surface area contributed by atoms with Crippen molar-refractivity contribution in [1.29, 1.82) is 0 Å². The number of hydrogen-bond donors (Lipinski definition) is 2. The van der Waals surface area contributed by atoms with Crippen LogP contribution in [0.4, 0.5) is 11.4 Å². The number of aryl methyl sites for hydroxylation is 2. The minimum Gasteiger partial charge on any atom is -0.325 e. The number of sulfonamides is 1. The molecule has 0 heterocycles. The second kappa shape index (κ2) is 9.36. The molecule has 1 unspecified atom stereocenters. The maximum Gasteiger partial charge on any atom is 0.261 e. The Morgan fingerprint density at radius 1 is 0.900 bits per heavy atom. The van der Waals surface area contributed by atoms with Crippen LogP contribution in [0.25, 0.3) is 0 Å². The molecule has 30 heavy (non-hydrogen) atoms. The lowest BCUT2D eigenvalue weighted by molar-refractivity contribution is -0.115. The van der Waals surface area contributed by atoms with Gasteiger partial charge in [-0.25, -0.2) is 8.42 Å². The van der Waals surface area contributed by atoms with Crippen molar-refractivity contribution in [2.24, 2.45) is 0 Å². The number of rotatable bonds is 7. The third-order valence-electron chi connectivity index (χ3n) is 4.52. The van der Waals surface area contributed by atoms with Crippen LogP contribution in [0.2, 0.25) is 0 Å². The van der Waals surface area contributed by atoms with E-state index in [4.69, 9.17) is 0 Å². The fourth-order valence-electron chi connectivity index (χ4n) is 2.74. The van der Waals surface area contributed by atoms with Crippen molar-refractivity contribution in [2.75, 3.05) is 10.0 Å². The quantitative estimate of drug-likeness (QED) is 0.494. The first-order valence-electron chi connectivity index (χ1n) is 9.47. The van der Waals surface area contributed by atoms with Crippen LogP contribution in [-0.4, -0.2) is 19.6 Å². The van der Waals surface area contributed by atoms with Gasteiger partial charge in [-0.15, -0.1) is 11.8 Å². The van der Waals surface area contributed by atoms with Gasteiger partial charge >= 0.3 is 0 Å². The molecule has 156 valence electrons. The van der Waals surface area contributed by atoms with Gasteiger partial charge in [0.15, 0.2) is 0 Å². The molecule has 0 aliphatic rings. The van der Waals surface area contributed by atoms with Gasteiger partial charge in [0.05, 0.1) is 10.1 Å². The van der Waals surface area contributed by atoms with Crippen LogP contribution in [0, 0.1) is 13.8 Å². The van der Waals surface area contributed by atoms with Crippen LogP contribution in [0.1, 0.15) is 18.1 Å². The predicted octanol–water partition coefficient (Wildman–Crippen LogP) is 5.22. The van der Waals surface area contributed by atoms with E-state index in [1.54, 1.807) is 48.5 Å². The predicted molar refractivity (Wildman–Crippen MR) is 124 cm³/mol. The van der Waals surface area contributed by atoms with Gasteiger partial charge in [-0.3, -0.25) is 9.52 Å². The molecule has 3 rings (SSSR count). The Bertz CT molecular complexity index is 1130. The SMILES string of the molecule is Cc1ccc(S(=O)(=O)Nc2ccc(SC(C)C(=O)Nc3ccccc3C)cc2)cc1. The summed E-state index contributed by atoms with van der Waals surface area (Å²) in [6, 6.07) is 21.3. The molecule has 0 radical (unpaired) electrons. The van der Waals surface area contributed by atoms with Crippen molar-refractivity contribution in [3.8, 4) is 0 Å². The summed E-state index contributed by atoms with van der Waals surface area (Å²) in [6.45, 7) is 5.69. The van der Waals surface area contributed by atoms with Gasteiger partial charge in [0.1, 0.15) is 0 Å². The largest absolute Gasteiger partial charge is 0.325 e. The summed E-state index contributed by atoms with van der Waals surface area (Å²) < 4.78 is 27.6. The maximum atomic E-state index is 12.5. The van der Waals surface area contributed by atoms with Crippen molar-refractivity contribution in [1.82, 2.24) is 0 Å². The minimum absolute atomic E-state index is 0.0848. The molecule has 0 saturated heterocycles. The summed E-state index contributed by atoms with van der Waals surface area (Å²) >= 11 is 1.41. The first-order valence-corrected chi connectivity index (χ1v) is 11.8. The highest BCUT2D eigenvalue weighted by Crippen LogP contribution is 2.27. The second-order valence-electron chi connectivity index (χ2n) is 7.01. The third kappa shape index (κ3) is 5.64. The normalized spacial score (nSPS) is 12.2. The molecule has 3 aromatic carbocycles. The molecule has 0 fully saturated rings. The van der Waals surface area contributed by atoms with E-state index in [1.165, 1.54) is 11.8 Å². The monoisotopic (exact) mass is 440 g/mol. The van der Waals surface area contributed by atoms with E-state index in [2.05, 4.69) is 10.0 Å². The van der Waals surface area contributed by atoms with Gasteiger partial charge in [-0.1, -0.05) is 35.9 Å². The summed E-state index contributed by atoms with van der Waals surface area (Å²) in [5.41, 5.74) is 3.27. The fourth-order valence-corrected chi connectivity index (χ4v) is 4.66. The molecule has 1 amide bonds. The lowest BCUT2D eigenvalue weighted by Gasteiger charge is -2.14. The molecule has 0 spiro atoms. The number of benzene rings is 3. The van der Waals surface area contributed by atoms with Gasteiger partial charge in [0.2, 0.25) is 5.91 Å². The van der Waals surface area contributed by atoms with Gasteiger partial charge < -0.3 is 5.32 Å². The molecule has 5 nitrogen and oxygen atoms in total. The molecule has 0 aliphatic heterocycles. The Morgan fingerprint density at radius 3 is 2.17 bits per heavy atom. The van der Waals surface area contributed by atoms with Gasteiger partial charge in [0, 0.05) is 16.3 Å². The standard InChI is InChI=1S/C23H24N2O3S2/c1-16-8-14-21(15-9-16)30(27,28)25-19-10-12-20(13-11-19)29-18(3)23(26)24-22-7-5-4-6-17(22)2/h4-15,18,25H,1-3H3,(H,24,26). The van der Waals surface area contributed by atoms with Crippen molar-refractivity contribution in [3.63, 3.8) is 0 Å². The summed E-state index contributed by atoms with van der Waals surface area (Å²) in [4.78, 5) is 13.6. The minimum atomic E-state index is -3.64. The summed E-state index contributed by atoms with van der Waals surface area (Å²) in [7, 11) is -3.64. The number of amides is 1. The fraction of sp³-hybridized carbons (Fsp3) is 0.174. The molecule has 2 N–H and O–H groups in total. The summed E-state index contributed by atoms with van der Waals surface area (Å²) in [6.07, 6.45) is 0. The molecule has 0 aliphatic carbocycles. The number of hydrogen-bond acceptors (Lipinski definition) is 4. The van der Waals surface area contributed by atoms with Crippen molar-refractivity contribution in [3.05, 3.63) is 83.9 Å². The zero-order valence-corrected chi connectivity index (χ0v) is 18.7. The average molecular weight is 441 g/mol. The number of thioether (sulfide) groups is 1. The molecular weight excluding hydrogens is 416 g/mol. The zero-order valence-electron chi connectivity index (χ0n) is 17.0. The van der Waals surface area contributed by atoms with E-state index < -0.39 is 10.0 Å². The zero-order chi connectivity index (χ0) is 21.7. The molecular formula is C23H24N2O3S2. The summed E-state index contributed by atoms with van der Waals surface area (Å²) in [5.74, 6) is -0.0848. The Hall–Kier alpha value is -2.77. The van der Waals surface area contributed by atoms with E-state index in [9.17, 15) is 13.2 Å². The van der Waals surface area contributed by atoms with Crippen LogP contribution in [0.3, 0.4) is 0 Å². The highest BCUT2D eigenvalue weighted by atomic mass is 32.2. The van der Waals surface area contributed by atoms with Gasteiger partial charge in [-0.2, -0.15) is 0 Å². The van der Waals surface area contributed by atoms with Crippen molar-refractivity contribution >= 4 is 39.1 Å². The third-order valence-corrected chi connectivity index (χ3v) is 7.03. The number of para-hydroxylation sites is 1. The number of nitrogens with one attached hydrogen (secondary N) is 2. The highest BCUT2D eigenvalue weighted by Gasteiger charge is 2.16. The molecule has 0 bridgehead atoms. The van der Waals surface area contributed by atoms with Crippen LogP contribution >= 0.6 is 11.8 Å². The Balaban J connectivity index is 1.62. The van der Waals surface area contributed by atoms with E-state index >= 15 is 0 Å². The van der Waals surface area contributed by atoms with E-state index in [-0.39, 0.29) is 16.1 Å². The highest BCUT2D eigenvalue weighted by molar-refractivity contribution is 8.00. The van der Waals surface area contributed by atoms with E-state index in [0.29, 0.717) is 5.69 Å². The number of anilines is 2. The molecule has 7 heteroatoms. The number of carbonyl (C=O) groups excluding carboxylic acids is 1. The average Bonchev–Trinajstić information content (AvgIpc) is 2.71. The molecule has 1 atom stereocenters. The van der Waals surface area contributed by atoms with Crippen molar-refractivity contribution < 1.29 is 13.2 Å². The second-order valence-corrected chi connectivity index (χ2v) is 10.1.